The first-order chi connectivity index (χ1) is 13.5. The highest BCUT2D eigenvalue weighted by Crippen LogP contribution is 2.31. The second-order valence-electron chi connectivity index (χ2n) is 5.79. The van der Waals surface area contributed by atoms with Gasteiger partial charge in [-0.25, -0.2) is 4.40 Å². The van der Waals surface area contributed by atoms with Crippen LogP contribution >= 0.6 is 34.5 Å². The number of rotatable bonds is 4. The highest BCUT2D eigenvalue weighted by atomic mass is 35.5. The molecule has 0 saturated heterocycles. The summed E-state index contributed by atoms with van der Waals surface area (Å²) in [5.41, 5.74) is 1.17. The zero-order valence-corrected chi connectivity index (χ0v) is 17.1. The number of aromatic nitrogens is 3. The number of thiazole rings is 1. The van der Waals surface area contributed by atoms with Crippen molar-refractivity contribution in [2.45, 2.75) is 0 Å². The Hall–Kier alpha value is -2.61. The van der Waals surface area contributed by atoms with Crippen molar-refractivity contribution in [1.29, 1.82) is 0 Å². The van der Waals surface area contributed by atoms with Gasteiger partial charge in [0.25, 0.3) is 5.56 Å². The van der Waals surface area contributed by atoms with Crippen LogP contribution in [0.15, 0.2) is 41.2 Å². The van der Waals surface area contributed by atoms with E-state index in [-0.39, 0.29) is 5.56 Å². The van der Waals surface area contributed by atoms with Crippen LogP contribution in [-0.4, -0.2) is 28.8 Å². The number of ether oxygens (including phenoxy) is 2. The minimum atomic E-state index is -0.221. The van der Waals surface area contributed by atoms with Gasteiger partial charge >= 0.3 is 0 Å². The van der Waals surface area contributed by atoms with Gasteiger partial charge in [0.15, 0.2) is 17.3 Å². The molecule has 0 amide bonds. The van der Waals surface area contributed by atoms with Gasteiger partial charge in [0.05, 0.1) is 18.8 Å². The van der Waals surface area contributed by atoms with Crippen molar-refractivity contribution < 1.29 is 9.47 Å². The zero-order chi connectivity index (χ0) is 19.8. The zero-order valence-electron chi connectivity index (χ0n) is 14.8. The van der Waals surface area contributed by atoms with Crippen LogP contribution in [0.4, 0.5) is 0 Å². The number of fused-ring (bicyclic) bond motifs is 1. The maximum atomic E-state index is 13.0. The summed E-state index contributed by atoms with van der Waals surface area (Å²) in [7, 11) is 3.11. The lowest BCUT2D eigenvalue weighted by Gasteiger charge is -2.08. The number of methoxy groups -OCH3 is 2. The summed E-state index contributed by atoms with van der Waals surface area (Å²) in [5, 5.41) is 9.30. The van der Waals surface area contributed by atoms with E-state index in [1.807, 2.05) is 0 Å². The Labute approximate surface area is 173 Å². The molecule has 0 aliphatic rings. The van der Waals surface area contributed by atoms with Gasteiger partial charge in [0.2, 0.25) is 4.96 Å². The van der Waals surface area contributed by atoms with Gasteiger partial charge < -0.3 is 9.47 Å². The molecule has 2 heterocycles. The van der Waals surface area contributed by atoms with E-state index in [1.54, 1.807) is 56.7 Å². The third-order valence-electron chi connectivity index (χ3n) is 4.14. The predicted molar refractivity (Wildman–Crippen MR) is 111 cm³/mol. The molecule has 0 aliphatic heterocycles. The quantitative estimate of drug-likeness (QED) is 0.490. The Balaban J connectivity index is 1.88. The molecule has 0 fully saturated rings. The SMILES string of the molecule is COc1ccc(-c2nnc3s/c(=C\c4ccc(Cl)cc4Cl)c(=O)n23)cc1OC. The molecule has 0 atom stereocenters. The van der Waals surface area contributed by atoms with Crippen molar-refractivity contribution in [3.05, 3.63) is 66.9 Å². The van der Waals surface area contributed by atoms with Crippen LogP contribution in [0.3, 0.4) is 0 Å². The fourth-order valence-electron chi connectivity index (χ4n) is 2.78. The van der Waals surface area contributed by atoms with E-state index in [0.717, 1.165) is 0 Å². The van der Waals surface area contributed by atoms with E-state index in [0.29, 0.717) is 48.0 Å². The lowest BCUT2D eigenvalue weighted by Crippen LogP contribution is -2.23. The van der Waals surface area contributed by atoms with Gasteiger partial charge in [0, 0.05) is 15.6 Å². The first kappa shape index (κ1) is 18.7. The maximum absolute atomic E-state index is 13.0. The molecular formula is C19H13Cl2N3O3S. The summed E-state index contributed by atoms with van der Waals surface area (Å²) in [6, 6.07) is 10.4. The van der Waals surface area contributed by atoms with E-state index >= 15 is 0 Å². The fraction of sp³-hybridized carbons (Fsp3) is 0.105. The van der Waals surface area contributed by atoms with Gasteiger partial charge in [0.1, 0.15) is 0 Å². The standard InChI is InChI=1S/C19H13Cl2N3O3S/c1-26-14-6-4-11(7-15(14)27-2)17-22-23-19-24(17)18(25)16(28-19)8-10-3-5-12(20)9-13(10)21/h3-9H,1-2H3/b16-8-. The van der Waals surface area contributed by atoms with Crippen molar-refractivity contribution in [2.24, 2.45) is 0 Å². The lowest BCUT2D eigenvalue weighted by atomic mass is 10.2. The molecule has 2 aromatic heterocycles. The number of hydrogen-bond donors (Lipinski definition) is 0. The second kappa shape index (κ2) is 7.43. The van der Waals surface area contributed by atoms with Crippen molar-refractivity contribution in [3.63, 3.8) is 0 Å². The average Bonchev–Trinajstić information content (AvgIpc) is 3.24. The molecule has 6 nitrogen and oxygen atoms in total. The molecule has 0 unspecified atom stereocenters. The minimum absolute atomic E-state index is 0.221. The summed E-state index contributed by atoms with van der Waals surface area (Å²) in [6.45, 7) is 0. The van der Waals surface area contributed by atoms with E-state index < -0.39 is 0 Å². The molecule has 0 bridgehead atoms. The highest BCUT2D eigenvalue weighted by Gasteiger charge is 2.16. The van der Waals surface area contributed by atoms with Crippen molar-refractivity contribution in [1.82, 2.24) is 14.6 Å². The molecule has 9 heteroatoms. The fourth-order valence-corrected chi connectivity index (χ4v) is 4.15. The van der Waals surface area contributed by atoms with E-state index in [2.05, 4.69) is 10.2 Å². The second-order valence-corrected chi connectivity index (χ2v) is 7.65. The summed E-state index contributed by atoms with van der Waals surface area (Å²) in [5.74, 6) is 1.56. The third-order valence-corrected chi connectivity index (χ3v) is 5.66. The summed E-state index contributed by atoms with van der Waals surface area (Å²) in [4.78, 5) is 13.5. The number of hydrogen-bond acceptors (Lipinski definition) is 6. The van der Waals surface area contributed by atoms with Crippen LogP contribution in [0.1, 0.15) is 5.56 Å². The molecule has 4 rings (SSSR count). The number of halogens is 2. The highest BCUT2D eigenvalue weighted by molar-refractivity contribution is 7.15. The van der Waals surface area contributed by atoms with Crippen LogP contribution in [-0.2, 0) is 0 Å². The average molecular weight is 434 g/mol. The van der Waals surface area contributed by atoms with E-state index in [1.165, 1.54) is 15.7 Å². The Kier molecular flexibility index (Phi) is 4.97. The lowest BCUT2D eigenvalue weighted by molar-refractivity contribution is 0.355. The Bertz CT molecular complexity index is 1300. The smallest absolute Gasteiger partial charge is 0.276 e. The predicted octanol–water partition coefficient (Wildman–Crippen LogP) is 3.69. The summed E-state index contributed by atoms with van der Waals surface area (Å²) < 4.78 is 12.6. The van der Waals surface area contributed by atoms with Gasteiger partial charge in [-0.05, 0) is 42.0 Å². The van der Waals surface area contributed by atoms with Crippen LogP contribution in [0.2, 0.25) is 10.0 Å². The van der Waals surface area contributed by atoms with Crippen LogP contribution in [0, 0.1) is 0 Å². The van der Waals surface area contributed by atoms with Crippen LogP contribution in [0.25, 0.3) is 22.4 Å². The van der Waals surface area contributed by atoms with E-state index in [4.69, 9.17) is 32.7 Å². The normalized spacial score (nSPS) is 11.9. The Morgan fingerprint density at radius 2 is 1.82 bits per heavy atom. The first-order valence-electron chi connectivity index (χ1n) is 8.09. The molecule has 2 aromatic carbocycles. The van der Waals surface area contributed by atoms with Crippen molar-refractivity contribution in [3.8, 4) is 22.9 Å². The molecule has 0 radical (unpaired) electrons. The molecular weight excluding hydrogens is 421 g/mol. The summed E-state index contributed by atoms with van der Waals surface area (Å²) >= 11 is 13.4. The van der Waals surface area contributed by atoms with Gasteiger partial charge in [-0.1, -0.05) is 40.6 Å². The molecule has 0 aliphatic carbocycles. The van der Waals surface area contributed by atoms with E-state index in [9.17, 15) is 4.79 Å². The molecule has 4 aromatic rings. The van der Waals surface area contributed by atoms with Crippen LogP contribution in [0.5, 0.6) is 11.5 Å². The monoisotopic (exact) mass is 433 g/mol. The topological polar surface area (TPSA) is 65.7 Å². The Morgan fingerprint density at radius 1 is 1.04 bits per heavy atom. The minimum Gasteiger partial charge on any atom is -0.493 e. The Morgan fingerprint density at radius 3 is 2.54 bits per heavy atom. The van der Waals surface area contributed by atoms with Gasteiger partial charge in [-0.15, -0.1) is 10.2 Å². The maximum Gasteiger partial charge on any atom is 0.276 e. The van der Waals surface area contributed by atoms with Gasteiger partial charge in [-0.2, -0.15) is 0 Å². The van der Waals surface area contributed by atoms with Crippen molar-refractivity contribution in [2.75, 3.05) is 14.2 Å². The summed E-state index contributed by atoms with van der Waals surface area (Å²) in [6.07, 6.45) is 1.72. The van der Waals surface area contributed by atoms with Crippen molar-refractivity contribution >= 4 is 45.6 Å². The number of nitrogens with zero attached hydrogens (tertiary/aromatic N) is 3. The first-order valence-corrected chi connectivity index (χ1v) is 9.66. The molecule has 0 saturated carbocycles. The molecule has 0 N–H and O–H groups in total. The molecule has 142 valence electrons. The largest absolute Gasteiger partial charge is 0.493 e. The number of benzene rings is 2. The molecule has 0 spiro atoms. The third kappa shape index (κ3) is 3.22. The van der Waals surface area contributed by atoms with Gasteiger partial charge in [-0.3, -0.25) is 4.79 Å². The van der Waals surface area contributed by atoms with Crippen LogP contribution < -0.4 is 19.6 Å². The molecule has 28 heavy (non-hydrogen) atoms.